The Kier molecular flexibility index (Phi) is 17.4. The minimum absolute atomic E-state index is 0.0277. The zero-order valence-electron chi connectivity index (χ0n) is 49.1. The Hall–Kier alpha value is -4.38. The number of nitrogens with one attached hydrogen (secondary N) is 1. The number of anilines is 1. The molecular weight excluding hydrogens is 985 g/mol. The minimum Gasteiger partial charge on any atom is -0.469 e. The molecule has 6 fully saturated rings. The molecule has 16 atom stereocenters. The Labute approximate surface area is 466 Å². The molecule has 2 bridgehead atoms. The summed E-state index contributed by atoms with van der Waals surface area (Å²) in [7, 11) is 5.43. The number of alkyl carbamates (subject to hydrolysis) is 1. The monoisotopic (exact) mass is 1080 g/mol. The summed E-state index contributed by atoms with van der Waals surface area (Å²) in [6.45, 7) is 18.0. The molecule has 13 nitrogen and oxygen atoms in total. The Morgan fingerprint density at radius 2 is 1.68 bits per heavy atom. The zero-order valence-corrected chi connectivity index (χ0v) is 49.1. The van der Waals surface area contributed by atoms with E-state index in [0.717, 1.165) is 89.3 Å². The van der Waals surface area contributed by atoms with E-state index >= 15 is 0 Å². The number of aliphatic hydroxyl groups excluding tert-OH is 1. The van der Waals surface area contributed by atoms with Gasteiger partial charge in [-0.3, -0.25) is 9.59 Å². The van der Waals surface area contributed by atoms with Gasteiger partial charge in [-0.1, -0.05) is 51.3 Å². The molecule has 13 heteroatoms. The van der Waals surface area contributed by atoms with Crippen molar-refractivity contribution in [2.45, 2.75) is 200 Å². The third kappa shape index (κ3) is 11.3. The summed E-state index contributed by atoms with van der Waals surface area (Å²) in [5, 5.41) is 15.2. The van der Waals surface area contributed by atoms with E-state index in [1.54, 1.807) is 26.3 Å². The number of ether oxygens (including phenoxy) is 6. The summed E-state index contributed by atoms with van der Waals surface area (Å²) in [6, 6.07) is 9.23. The van der Waals surface area contributed by atoms with Crippen LogP contribution >= 0.6 is 0 Å². The van der Waals surface area contributed by atoms with Gasteiger partial charge in [-0.05, 0) is 211 Å². The predicted octanol–water partition coefficient (Wildman–Crippen LogP) is 12.1. The Morgan fingerprint density at radius 1 is 0.910 bits per heavy atom. The van der Waals surface area contributed by atoms with Gasteiger partial charge in [0.05, 0.1) is 32.5 Å². The number of methoxy groups -OCH3 is 2. The summed E-state index contributed by atoms with van der Waals surface area (Å²) in [5.74, 6) is 8.99. The van der Waals surface area contributed by atoms with Crippen LogP contribution in [-0.2, 0) is 38.0 Å². The number of aliphatic hydroxyl groups is 1. The van der Waals surface area contributed by atoms with Crippen LogP contribution in [0.2, 0.25) is 0 Å². The topological polar surface area (TPSA) is 159 Å². The molecule has 8 aliphatic rings. The molecule has 1 aromatic rings. The van der Waals surface area contributed by atoms with E-state index in [1.807, 2.05) is 20.1 Å². The molecule has 9 rings (SSSR count). The first kappa shape index (κ1) is 58.3. The third-order valence-electron chi connectivity index (χ3n) is 21.8. The van der Waals surface area contributed by atoms with Crippen LogP contribution in [0.4, 0.5) is 15.3 Å². The number of nitrogens with zero attached hydrogens (tertiary/aromatic N) is 1. The lowest BCUT2D eigenvalue weighted by molar-refractivity contribution is -0.160. The summed E-state index contributed by atoms with van der Waals surface area (Å²) < 4.78 is 35.9. The van der Waals surface area contributed by atoms with Gasteiger partial charge in [0.2, 0.25) is 0 Å². The zero-order chi connectivity index (χ0) is 56.0. The molecule has 1 amide bonds. The van der Waals surface area contributed by atoms with Crippen LogP contribution in [0.3, 0.4) is 0 Å². The van der Waals surface area contributed by atoms with Gasteiger partial charge in [0.15, 0.2) is 5.78 Å². The molecule has 8 aliphatic carbocycles. The molecule has 0 aromatic heterocycles. The van der Waals surface area contributed by atoms with Gasteiger partial charge in [-0.2, -0.15) is 0 Å². The number of benzene rings is 1. The Balaban J connectivity index is 0.885. The van der Waals surface area contributed by atoms with E-state index in [4.69, 9.17) is 28.4 Å². The summed E-state index contributed by atoms with van der Waals surface area (Å²) in [4.78, 5) is 53.3. The fraction of sp³-hybridized carbons (Fsp3) is 0.754. The molecular formula is C65H94N2O11. The van der Waals surface area contributed by atoms with Crippen molar-refractivity contribution >= 4 is 29.7 Å². The normalized spacial score (nSPS) is 37.3. The predicted molar refractivity (Wildman–Crippen MR) is 300 cm³/mol. The molecule has 2 unspecified atom stereocenters. The quantitative estimate of drug-likeness (QED) is 0.0742. The van der Waals surface area contributed by atoms with Crippen LogP contribution in [-0.4, -0.2) is 106 Å². The van der Waals surface area contributed by atoms with E-state index in [0.29, 0.717) is 50.5 Å². The molecule has 0 radical (unpaired) electrons. The van der Waals surface area contributed by atoms with Crippen molar-refractivity contribution in [2.75, 3.05) is 52.5 Å². The first-order chi connectivity index (χ1) is 37.1. The van der Waals surface area contributed by atoms with E-state index < -0.39 is 41.1 Å². The van der Waals surface area contributed by atoms with Gasteiger partial charge < -0.3 is 43.7 Å². The van der Waals surface area contributed by atoms with Gasteiger partial charge >= 0.3 is 18.2 Å². The van der Waals surface area contributed by atoms with Gasteiger partial charge in [-0.25, -0.2) is 9.59 Å². The molecule has 0 saturated heterocycles. The van der Waals surface area contributed by atoms with Gasteiger partial charge in [0.25, 0.3) is 0 Å². The lowest BCUT2D eigenvalue weighted by Crippen LogP contribution is -2.57. The number of amides is 1. The lowest BCUT2D eigenvalue weighted by Gasteiger charge is -2.57. The van der Waals surface area contributed by atoms with Crippen molar-refractivity contribution in [1.29, 1.82) is 0 Å². The van der Waals surface area contributed by atoms with Crippen molar-refractivity contribution < 1.29 is 52.7 Å². The van der Waals surface area contributed by atoms with Crippen molar-refractivity contribution in [3.63, 3.8) is 0 Å². The third-order valence-corrected chi connectivity index (χ3v) is 21.8. The first-order valence-corrected chi connectivity index (χ1v) is 30.0. The average Bonchev–Trinajstić information content (AvgIpc) is 4.03. The van der Waals surface area contributed by atoms with E-state index in [1.165, 1.54) is 23.8 Å². The van der Waals surface area contributed by atoms with Gasteiger partial charge in [0, 0.05) is 56.5 Å². The van der Waals surface area contributed by atoms with Crippen LogP contribution in [0, 0.1) is 75.4 Å². The molecule has 0 aliphatic heterocycles. The number of hydrogen-bond donors (Lipinski definition) is 2. The maximum atomic E-state index is 13.8. The molecule has 0 heterocycles. The Morgan fingerprint density at radius 3 is 2.40 bits per heavy atom. The smallest absolute Gasteiger partial charge is 0.469 e. The molecule has 2 N–H and O–H groups in total. The molecule has 6 saturated carbocycles. The molecule has 430 valence electrons. The Bertz CT molecular complexity index is 2500. The van der Waals surface area contributed by atoms with Crippen molar-refractivity contribution in [2.24, 2.45) is 63.6 Å². The number of carbonyl (C=O) groups excluding carboxylic acids is 4. The van der Waals surface area contributed by atoms with E-state index in [9.17, 15) is 24.3 Å². The second-order valence-corrected chi connectivity index (χ2v) is 27.0. The summed E-state index contributed by atoms with van der Waals surface area (Å²) in [6.07, 6.45) is 14.2. The second kappa shape index (κ2) is 23.2. The van der Waals surface area contributed by atoms with Crippen molar-refractivity contribution in [1.82, 2.24) is 5.32 Å². The number of likely N-dealkylation sites (N-methyl/N-ethyl adjacent to an activating group) is 1. The number of hydrogen-bond acceptors (Lipinski definition) is 12. The standard InChI is InChI=1S/C65H94N2O11/c1-12-27-65(74-11)29-26-51-48-20-16-43-36-45(68)19-21-47(43)57(48)49(39-63(51,65)7)42-14-17-44(18-15-42)67(9)31-33-75-46-25-28-62(6)38-41(34-46)35-54(77-60(72)76-32-30-66-59(71)78-61(3,4)5)58-52-23-22-50(40(2)13-24-56(70)73-10)64(52,8)55(69)37-53(58)62/h14-15,17-18,36,40-41,46,48-55,58,69H,13,16,19-26,28-35,37-39H2,1-11H3,(H,66,71)/t40-,41-,46+,48?,49-,50-,51?,52+,53+,54-,55+,58+,62+,63+,64-,65+/m1/s1. The minimum atomic E-state index is -0.740. The number of esters is 1. The molecule has 0 spiro atoms. The average molecular weight is 1080 g/mol. The highest BCUT2D eigenvalue weighted by atomic mass is 16.7. The number of fused-ring (bicyclic) bond motifs is 10. The van der Waals surface area contributed by atoms with Crippen LogP contribution < -0.4 is 10.2 Å². The fourth-order valence-corrected chi connectivity index (χ4v) is 18.2. The number of allylic oxidation sites excluding steroid dienone is 4. The SMILES string of the molecule is CC#C[C@]1(OC)CCC2C3CCC4=CC(=O)CCC4=C3[C@@H](c3ccc(N(C)CCO[C@H]4CC[C@@]5(C)C[C@H](C4)C[C@@H](OC(=O)OCCNC(=O)OC(C)(C)C)[C@@H]4[C@@H]5C[C@H](O)[C@]5(C)[C@@H]([C@H](C)CCC(=O)OC)CC[C@@H]45)cc3)C[C@@]21C. The lowest BCUT2D eigenvalue weighted by atomic mass is 9.49. The van der Waals surface area contributed by atoms with E-state index in [-0.39, 0.29) is 83.3 Å². The highest BCUT2D eigenvalue weighted by Gasteiger charge is 2.66. The second-order valence-electron chi connectivity index (χ2n) is 27.0. The van der Waals surface area contributed by atoms with Crippen LogP contribution in [0.1, 0.15) is 176 Å². The van der Waals surface area contributed by atoms with Crippen molar-refractivity contribution in [3.05, 3.63) is 52.6 Å². The highest BCUT2D eigenvalue weighted by Crippen LogP contribution is 2.69. The van der Waals surface area contributed by atoms with Crippen LogP contribution in [0.15, 0.2) is 47.1 Å². The largest absolute Gasteiger partial charge is 0.508 e. The molecule has 1 aromatic carbocycles. The number of carbonyl (C=O) groups is 4. The summed E-state index contributed by atoms with van der Waals surface area (Å²) >= 11 is 0. The first-order valence-electron chi connectivity index (χ1n) is 30.0. The fourth-order valence-electron chi connectivity index (χ4n) is 18.2. The summed E-state index contributed by atoms with van der Waals surface area (Å²) in [5.41, 5.74) is 5.02. The molecule has 78 heavy (non-hydrogen) atoms. The van der Waals surface area contributed by atoms with E-state index in [2.05, 4.69) is 81.1 Å². The number of rotatable bonds is 15. The maximum absolute atomic E-state index is 13.8. The van der Waals surface area contributed by atoms with Crippen LogP contribution in [0.25, 0.3) is 0 Å². The maximum Gasteiger partial charge on any atom is 0.508 e. The van der Waals surface area contributed by atoms with Gasteiger partial charge in [-0.15, -0.1) is 5.92 Å². The van der Waals surface area contributed by atoms with Crippen molar-refractivity contribution in [3.8, 4) is 11.8 Å². The van der Waals surface area contributed by atoms with Crippen LogP contribution in [0.5, 0.6) is 0 Å². The highest BCUT2D eigenvalue weighted by molar-refractivity contribution is 5.93. The van der Waals surface area contributed by atoms with Gasteiger partial charge in [0.1, 0.15) is 23.9 Å². The number of ketones is 1.